The first-order chi connectivity index (χ1) is 14.1. The number of fused-ring (bicyclic) bond motifs is 2. The second kappa shape index (κ2) is 7.76. The van der Waals surface area contributed by atoms with Gasteiger partial charge in [-0.3, -0.25) is 4.79 Å². The van der Waals surface area contributed by atoms with Crippen LogP contribution in [-0.4, -0.2) is 25.0 Å². The van der Waals surface area contributed by atoms with Crippen molar-refractivity contribution in [3.05, 3.63) is 90.5 Å². The fourth-order valence-corrected chi connectivity index (χ4v) is 3.56. The summed E-state index contributed by atoms with van der Waals surface area (Å²) in [6.07, 6.45) is -0.912. The molecule has 0 N–H and O–H groups in total. The van der Waals surface area contributed by atoms with Gasteiger partial charge in [0, 0.05) is 12.7 Å². The number of amides is 1. The highest BCUT2D eigenvalue weighted by Gasteiger charge is 2.25. The number of ether oxygens (including phenoxy) is 1. The molecule has 0 aliphatic rings. The lowest BCUT2D eigenvalue weighted by Gasteiger charge is -2.22. The molecule has 0 spiro atoms. The van der Waals surface area contributed by atoms with Crippen molar-refractivity contribution >= 4 is 39.1 Å². The Hall–Kier alpha value is -3.66. The van der Waals surface area contributed by atoms with Crippen LogP contribution in [0.1, 0.15) is 17.3 Å². The molecule has 4 aromatic rings. The number of carbonyl (C=O) groups is 2. The van der Waals surface area contributed by atoms with E-state index >= 15 is 0 Å². The van der Waals surface area contributed by atoms with Crippen molar-refractivity contribution < 1.29 is 14.3 Å². The zero-order valence-corrected chi connectivity index (χ0v) is 16.3. The summed E-state index contributed by atoms with van der Waals surface area (Å²) in [4.78, 5) is 27.4. The number of rotatable bonds is 4. The van der Waals surface area contributed by atoms with E-state index in [0.29, 0.717) is 5.56 Å². The van der Waals surface area contributed by atoms with Crippen LogP contribution in [-0.2, 0) is 9.53 Å². The Labute approximate surface area is 169 Å². The van der Waals surface area contributed by atoms with Crippen LogP contribution in [0.25, 0.3) is 21.5 Å². The fraction of sp³-hybridized carbons (Fsp3) is 0.120. The van der Waals surface area contributed by atoms with E-state index in [1.807, 2.05) is 78.9 Å². The predicted molar refractivity (Wildman–Crippen MR) is 116 cm³/mol. The average Bonchev–Trinajstić information content (AvgIpc) is 2.76. The standard InChI is InChI=1S/C25H21NO3/c1-17(24(27)26(2)20-12-4-3-5-13-20)29-25(28)23-21-14-8-6-10-18(21)16-19-11-7-9-15-22(19)23/h3-17H,1-2H3/t17-/m1/s1. The van der Waals surface area contributed by atoms with E-state index in [9.17, 15) is 9.59 Å². The van der Waals surface area contributed by atoms with Crippen LogP contribution in [0.3, 0.4) is 0 Å². The molecule has 0 saturated carbocycles. The molecule has 0 fully saturated rings. The van der Waals surface area contributed by atoms with Crippen molar-refractivity contribution in [2.24, 2.45) is 0 Å². The number of likely N-dealkylation sites (N-methyl/N-ethyl adjacent to an activating group) is 1. The minimum Gasteiger partial charge on any atom is -0.449 e. The van der Waals surface area contributed by atoms with Crippen molar-refractivity contribution in [3.8, 4) is 0 Å². The van der Waals surface area contributed by atoms with Gasteiger partial charge < -0.3 is 9.64 Å². The smallest absolute Gasteiger partial charge is 0.340 e. The zero-order valence-electron chi connectivity index (χ0n) is 16.3. The molecular formula is C25H21NO3. The highest BCUT2D eigenvalue weighted by molar-refractivity contribution is 6.17. The molecule has 29 heavy (non-hydrogen) atoms. The third kappa shape index (κ3) is 3.57. The van der Waals surface area contributed by atoms with Crippen LogP contribution in [0.2, 0.25) is 0 Å². The minimum atomic E-state index is -0.912. The zero-order chi connectivity index (χ0) is 20.4. The summed E-state index contributed by atoms with van der Waals surface area (Å²) >= 11 is 0. The molecule has 1 atom stereocenters. The maximum atomic E-state index is 13.2. The van der Waals surface area contributed by atoms with Gasteiger partial charge in [0.05, 0.1) is 5.56 Å². The van der Waals surface area contributed by atoms with Gasteiger partial charge in [-0.25, -0.2) is 4.79 Å². The highest BCUT2D eigenvalue weighted by Crippen LogP contribution is 2.29. The van der Waals surface area contributed by atoms with Gasteiger partial charge in [0.2, 0.25) is 0 Å². The molecule has 0 radical (unpaired) electrons. The molecule has 4 rings (SSSR count). The van der Waals surface area contributed by atoms with Gasteiger partial charge in [-0.15, -0.1) is 0 Å². The van der Waals surface area contributed by atoms with E-state index in [1.165, 1.54) is 4.90 Å². The van der Waals surface area contributed by atoms with Crippen molar-refractivity contribution in [2.45, 2.75) is 13.0 Å². The van der Waals surface area contributed by atoms with E-state index in [4.69, 9.17) is 4.74 Å². The number of hydrogen-bond donors (Lipinski definition) is 0. The van der Waals surface area contributed by atoms with Crippen molar-refractivity contribution in [1.29, 1.82) is 0 Å². The molecule has 0 aliphatic heterocycles. The number of anilines is 1. The number of benzene rings is 4. The summed E-state index contributed by atoms with van der Waals surface area (Å²) in [5, 5.41) is 3.54. The summed E-state index contributed by atoms with van der Waals surface area (Å²) in [5.41, 5.74) is 1.23. The number of esters is 1. The van der Waals surface area contributed by atoms with Crippen LogP contribution in [0, 0.1) is 0 Å². The van der Waals surface area contributed by atoms with Gasteiger partial charge >= 0.3 is 5.97 Å². The Bertz CT molecular complexity index is 1150. The lowest BCUT2D eigenvalue weighted by atomic mass is 9.97. The molecule has 1 amide bonds. The second-order valence-corrected chi connectivity index (χ2v) is 6.97. The molecule has 0 saturated heterocycles. The Morgan fingerprint density at radius 3 is 1.90 bits per heavy atom. The number of nitrogens with zero attached hydrogens (tertiary/aromatic N) is 1. The van der Waals surface area contributed by atoms with Crippen molar-refractivity contribution in [1.82, 2.24) is 0 Å². The Balaban J connectivity index is 1.67. The number of para-hydroxylation sites is 1. The third-order valence-corrected chi connectivity index (χ3v) is 5.08. The summed E-state index contributed by atoms with van der Waals surface area (Å²) in [7, 11) is 1.68. The molecular weight excluding hydrogens is 362 g/mol. The van der Waals surface area contributed by atoms with Crippen molar-refractivity contribution in [3.63, 3.8) is 0 Å². The number of hydrogen-bond acceptors (Lipinski definition) is 3. The van der Waals surface area contributed by atoms with Gasteiger partial charge in [0.1, 0.15) is 0 Å². The quantitative estimate of drug-likeness (QED) is 0.359. The third-order valence-electron chi connectivity index (χ3n) is 5.08. The molecule has 0 aromatic heterocycles. The molecule has 4 aromatic carbocycles. The Morgan fingerprint density at radius 1 is 0.793 bits per heavy atom. The monoisotopic (exact) mass is 383 g/mol. The molecule has 0 aliphatic carbocycles. The van der Waals surface area contributed by atoms with Crippen LogP contribution in [0.4, 0.5) is 5.69 Å². The van der Waals surface area contributed by atoms with Gasteiger partial charge in [-0.2, -0.15) is 0 Å². The summed E-state index contributed by atoms with van der Waals surface area (Å²) in [6.45, 7) is 1.60. The lowest BCUT2D eigenvalue weighted by Crippen LogP contribution is -2.37. The van der Waals surface area contributed by atoms with Crippen LogP contribution >= 0.6 is 0 Å². The van der Waals surface area contributed by atoms with Gasteiger partial charge in [-0.1, -0.05) is 66.7 Å². The van der Waals surface area contributed by atoms with Crippen LogP contribution in [0.15, 0.2) is 84.9 Å². The normalized spacial score (nSPS) is 11.9. The molecule has 0 unspecified atom stereocenters. The van der Waals surface area contributed by atoms with Gasteiger partial charge in [0.15, 0.2) is 6.10 Å². The van der Waals surface area contributed by atoms with E-state index in [-0.39, 0.29) is 5.91 Å². The fourth-order valence-electron chi connectivity index (χ4n) is 3.56. The van der Waals surface area contributed by atoms with E-state index in [2.05, 4.69) is 6.07 Å². The molecule has 0 bridgehead atoms. The topological polar surface area (TPSA) is 46.6 Å². The molecule has 144 valence electrons. The SMILES string of the molecule is C[C@@H](OC(=O)c1c2ccccc2cc2ccccc12)C(=O)N(C)c1ccccc1. The molecule has 4 nitrogen and oxygen atoms in total. The van der Waals surface area contributed by atoms with E-state index in [1.54, 1.807) is 14.0 Å². The van der Waals surface area contributed by atoms with E-state index < -0.39 is 12.1 Å². The Morgan fingerprint density at radius 2 is 1.31 bits per heavy atom. The molecule has 0 heterocycles. The highest BCUT2D eigenvalue weighted by atomic mass is 16.5. The van der Waals surface area contributed by atoms with Crippen LogP contribution < -0.4 is 4.90 Å². The van der Waals surface area contributed by atoms with Gasteiger partial charge in [0.25, 0.3) is 5.91 Å². The summed E-state index contributed by atoms with van der Waals surface area (Å²) in [5.74, 6) is -0.783. The maximum Gasteiger partial charge on any atom is 0.340 e. The first kappa shape index (κ1) is 18.7. The van der Waals surface area contributed by atoms with Crippen molar-refractivity contribution in [2.75, 3.05) is 11.9 Å². The lowest BCUT2D eigenvalue weighted by molar-refractivity contribution is -0.126. The first-order valence-corrected chi connectivity index (χ1v) is 9.50. The van der Waals surface area contributed by atoms with E-state index in [0.717, 1.165) is 27.2 Å². The molecule has 4 heteroatoms. The van der Waals surface area contributed by atoms with Crippen LogP contribution in [0.5, 0.6) is 0 Å². The average molecular weight is 383 g/mol. The minimum absolute atomic E-state index is 0.283. The Kier molecular flexibility index (Phi) is 5.00. The number of carbonyl (C=O) groups excluding carboxylic acids is 2. The largest absolute Gasteiger partial charge is 0.449 e. The predicted octanol–water partition coefficient (Wildman–Crippen LogP) is 5.20. The first-order valence-electron chi connectivity index (χ1n) is 9.50. The summed E-state index contributed by atoms with van der Waals surface area (Å²) < 4.78 is 5.63. The second-order valence-electron chi connectivity index (χ2n) is 6.97. The van der Waals surface area contributed by atoms with Gasteiger partial charge in [-0.05, 0) is 46.7 Å². The maximum absolute atomic E-state index is 13.2. The summed E-state index contributed by atoms with van der Waals surface area (Å²) in [6, 6.07) is 26.7.